The van der Waals surface area contributed by atoms with Gasteiger partial charge < -0.3 is 0 Å². The molecule has 0 saturated heterocycles. The van der Waals surface area contributed by atoms with Crippen molar-refractivity contribution >= 4 is 30.0 Å². The Labute approximate surface area is 79.9 Å². The van der Waals surface area contributed by atoms with Crippen LogP contribution < -0.4 is 0 Å². The van der Waals surface area contributed by atoms with E-state index >= 15 is 0 Å². The minimum atomic E-state index is -0.557. The fourth-order valence-corrected chi connectivity index (χ4v) is 1.14. The lowest BCUT2D eigenvalue weighted by Gasteiger charge is -1.99. The number of thiol groups is 1. The maximum Gasteiger partial charge on any atom is 0.175 e. The van der Waals surface area contributed by atoms with E-state index in [4.69, 9.17) is 11.6 Å². The molecule has 0 N–H and O–H groups in total. The summed E-state index contributed by atoms with van der Waals surface area (Å²) in [6, 6.07) is 3.86. The van der Waals surface area contributed by atoms with Crippen LogP contribution in [0, 0.1) is 5.82 Å². The summed E-state index contributed by atoms with van der Waals surface area (Å²) in [4.78, 5) is 11.0. The maximum absolute atomic E-state index is 12.9. The van der Waals surface area contributed by atoms with Gasteiger partial charge in [-0.3, -0.25) is 4.79 Å². The molecule has 0 heterocycles. The predicted molar refractivity (Wildman–Crippen MR) is 49.6 cm³/mol. The average molecular weight is 205 g/mol. The van der Waals surface area contributed by atoms with Gasteiger partial charge in [-0.15, -0.1) is 0 Å². The lowest BCUT2D eigenvalue weighted by atomic mass is 10.1. The van der Waals surface area contributed by atoms with Crippen LogP contribution in [0.4, 0.5) is 4.39 Å². The molecule has 0 radical (unpaired) electrons. The van der Waals surface area contributed by atoms with Crippen LogP contribution >= 0.6 is 24.2 Å². The van der Waals surface area contributed by atoms with Gasteiger partial charge in [0.2, 0.25) is 0 Å². The molecule has 0 aromatic heterocycles. The number of carbonyl (C=O) groups is 1. The third-order valence-corrected chi connectivity index (χ3v) is 1.89. The van der Waals surface area contributed by atoms with Crippen LogP contribution in [0.15, 0.2) is 18.2 Å². The first-order valence-electron chi connectivity index (χ1n) is 3.24. The Morgan fingerprint density at radius 2 is 2.25 bits per heavy atom. The molecule has 1 aromatic carbocycles. The normalized spacial score (nSPS) is 9.92. The zero-order valence-electron chi connectivity index (χ0n) is 6.05. The Bertz CT molecular complexity index is 314. The summed E-state index contributed by atoms with van der Waals surface area (Å²) in [6.07, 6.45) is 0. The molecule has 1 nitrogen and oxygen atoms in total. The number of Topliss-reactive ketones (excluding diaryl/α,β-unsaturated/α-hetero) is 1. The van der Waals surface area contributed by atoms with Crippen LogP contribution in [0.2, 0.25) is 5.02 Å². The van der Waals surface area contributed by atoms with Gasteiger partial charge in [-0.2, -0.15) is 12.6 Å². The van der Waals surface area contributed by atoms with Crippen molar-refractivity contribution in [2.45, 2.75) is 0 Å². The zero-order chi connectivity index (χ0) is 9.14. The Morgan fingerprint density at radius 1 is 1.58 bits per heavy atom. The van der Waals surface area contributed by atoms with Gasteiger partial charge in [0.15, 0.2) is 5.78 Å². The highest BCUT2D eigenvalue weighted by atomic mass is 35.5. The molecule has 0 amide bonds. The lowest BCUT2D eigenvalue weighted by Crippen LogP contribution is -2.03. The van der Waals surface area contributed by atoms with E-state index < -0.39 is 5.82 Å². The SMILES string of the molecule is O=C(CS)c1cc(Cl)ccc1F. The van der Waals surface area contributed by atoms with Gasteiger partial charge in [0.05, 0.1) is 11.3 Å². The molecule has 0 spiro atoms. The van der Waals surface area contributed by atoms with Gasteiger partial charge in [-0.05, 0) is 18.2 Å². The fourth-order valence-electron chi connectivity index (χ4n) is 0.796. The number of benzene rings is 1. The van der Waals surface area contributed by atoms with Crippen molar-refractivity contribution < 1.29 is 9.18 Å². The van der Waals surface area contributed by atoms with E-state index in [9.17, 15) is 9.18 Å². The third-order valence-electron chi connectivity index (χ3n) is 1.37. The van der Waals surface area contributed by atoms with E-state index in [1.807, 2.05) is 0 Å². The van der Waals surface area contributed by atoms with E-state index in [1.54, 1.807) is 0 Å². The molecule has 0 bridgehead atoms. The van der Waals surface area contributed by atoms with Gasteiger partial charge >= 0.3 is 0 Å². The summed E-state index contributed by atoms with van der Waals surface area (Å²) < 4.78 is 12.9. The highest BCUT2D eigenvalue weighted by Crippen LogP contribution is 2.15. The second kappa shape index (κ2) is 3.92. The van der Waals surface area contributed by atoms with Crippen molar-refractivity contribution in [2.24, 2.45) is 0 Å². The van der Waals surface area contributed by atoms with Crippen molar-refractivity contribution in [3.8, 4) is 0 Å². The Hall–Kier alpha value is -0.540. The highest BCUT2D eigenvalue weighted by molar-refractivity contribution is 7.81. The molecular formula is C8H6ClFOS. The Balaban J connectivity index is 3.13. The topological polar surface area (TPSA) is 17.1 Å². The molecule has 64 valence electrons. The number of carbonyl (C=O) groups excluding carboxylic acids is 1. The van der Waals surface area contributed by atoms with Crippen LogP contribution in [0.3, 0.4) is 0 Å². The standard InChI is InChI=1S/C8H6ClFOS/c9-5-1-2-7(10)6(3-5)8(11)4-12/h1-3,12H,4H2. The second-order valence-corrected chi connectivity index (χ2v) is 2.96. The molecule has 0 aliphatic rings. The van der Waals surface area contributed by atoms with Crippen molar-refractivity contribution in [2.75, 3.05) is 5.75 Å². The molecular weight excluding hydrogens is 199 g/mol. The van der Waals surface area contributed by atoms with Gasteiger partial charge in [-0.25, -0.2) is 4.39 Å². The summed E-state index contributed by atoms with van der Waals surface area (Å²) in [5, 5.41) is 0.349. The monoisotopic (exact) mass is 204 g/mol. The van der Waals surface area contributed by atoms with E-state index in [2.05, 4.69) is 12.6 Å². The minimum absolute atomic E-state index is 0.00231. The van der Waals surface area contributed by atoms with Crippen molar-refractivity contribution in [3.63, 3.8) is 0 Å². The Morgan fingerprint density at radius 3 is 2.83 bits per heavy atom. The average Bonchev–Trinajstić information content (AvgIpc) is 2.08. The van der Waals surface area contributed by atoms with Crippen LogP contribution in [0.25, 0.3) is 0 Å². The molecule has 1 aromatic rings. The first-order valence-corrected chi connectivity index (χ1v) is 4.25. The summed E-state index contributed by atoms with van der Waals surface area (Å²) in [5.74, 6) is -0.936. The van der Waals surface area contributed by atoms with Crippen LogP contribution in [-0.4, -0.2) is 11.5 Å². The highest BCUT2D eigenvalue weighted by Gasteiger charge is 2.09. The molecule has 0 atom stereocenters. The van der Waals surface area contributed by atoms with E-state index in [0.717, 1.165) is 0 Å². The molecule has 0 unspecified atom stereocenters. The molecule has 4 heteroatoms. The minimum Gasteiger partial charge on any atom is -0.293 e. The largest absolute Gasteiger partial charge is 0.293 e. The smallest absolute Gasteiger partial charge is 0.175 e. The zero-order valence-corrected chi connectivity index (χ0v) is 7.70. The van der Waals surface area contributed by atoms with Crippen LogP contribution in [-0.2, 0) is 0 Å². The number of rotatable bonds is 2. The number of hydrogen-bond donors (Lipinski definition) is 1. The van der Waals surface area contributed by atoms with Gasteiger partial charge in [0.1, 0.15) is 5.82 Å². The summed E-state index contributed by atoms with van der Waals surface area (Å²) in [5.41, 5.74) is -0.00231. The number of halogens is 2. The first kappa shape index (κ1) is 9.55. The summed E-state index contributed by atoms with van der Waals surface area (Å²) in [6.45, 7) is 0. The van der Waals surface area contributed by atoms with Crippen LogP contribution in [0.5, 0.6) is 0 Å². The molecule has 0 aliphatic carbocycles. The second-order valence-electron chi connectivity index (χ2n) is 2.21. The van der Waals surface area contributed by atoms with Gasteiger partial charge in [0.25, 0.3) is 0 Å². The van der Waals surface area contributed by atoms with Crippen LogP contribution in [0.1, 0.15) is 10.4 Å². The quantitative estimate of drug-likeness (QED) is 0.579. The number of hydrogen-bond acceptors (Lipinski definition) is 2. The van der Waals surface area contributed by atoms with Gasteiger partial charge in [0, 0.05) is 5.02 Å². The van der Waals surface area contributed by atoms with E-state index in [0.29, 0.717) is 5.02 Å². The third kappa shape index (κ3) is 1.99. The van der Waals surface area contributed by atoms with Crippen molar-refractivity contribution in [1.29, 1.82) is 0 Å². The van der Waals surface area contributed by atoms with Crippen molar-refractivity contribution in [3.05, 3.63) is 34.6 Å². The molecule has 1 rings (SSSR count). The first-order chi connectivity index (χ1) is 5.65. The maximum atomic E-state index is 12.9. The fraction of sp³-hybridized carbons (Fsp3) is 0.125. The van der Waals surface area contributed by atoms with E-state index in [1.165, 1.54) is 18.2 Å². The summed E-state index contributed by atoms with van der Waals surface area (Å²) >= 11 is 9.32. The summed E-state index contributed by atoms with van der Waals surface area (Å²) in [7, 11) is 0. The molecule has 0 fully saturated rings. The molecule has 0 aliphatic heterocycles. The van der Waals surface area contributed by atoms with Gasteiger partial charge in [-0.1, -0.05) is 11.6 Å². The number of ketones is 1. The van der Waals surface area contributed by atoms with Crippen molar-refractivity contribution in [1.82, 2.24) is 0 Å². The van der Waals surface area contributed by atoms with E-state index in [-0.39, 0.29) is 17.1 Å². The molecule has 0 saturated carbocycles. The lowest BCUT2D eigenvalue weighted by molar-refractivity contribution is 0.101. The Kier molecular flexibility index (Phi) is 3.12. The predicted octanol–water partition coefficient (Wildman–Crippen LogP) is 2.59. The molecule has 12 heavy (non-hydrogen) atoms.